The van der Waals surface area contributed by atoms with Gasteiger partial charge in [0.2, 0.25) is 0 Å². The van der Waals surface area contributed by atoms with E-state index in [4.69, 9.17) is 19.4 Å². The molecule has 0 radical (unpaired) electrons. The van der Waals surface area contributed by atoms with Crippen LogP contribution in [-0.4, -0.2) is 53.5 Å². The number of para-hydroxylation sites is 1. The van der Waals surface area contributed by atoms with Crippen LogP contribution in [0, 0.1) is 0 Å². The molecule has 1 aromatic carbocycles. The lowest BCUT2D eigenvalue weighted by Gasteiger charge is -2.25. The van der Waals surface area contributed by atoms with Crippen LogP contribution >= 0.6 is 23.1 Å². The Morgan fingerprint density at radius 1 is 1.10 bits per heavy atom. The van der Waals surface area contributed by atoms with Gasteiger partial charge in [-0.05, 0) is 37.0 Å². The number of hydrogen-bond donors (Lipinski definition) is 0. The zero-order valence-corrected chi connectivity index (χ0v) is 18.1. The molecular formula is C22H25N3O2S2. The van der Waals surface area contributed by atoms with Crippen LogP contribution in [0.1, 0.15) is 22.7 Å². The van der Waals surface area contributed by atoms with Gasteiger partial charge in [-0.1, -0.05) is 18.2 Å². The molecule has 152 valence electrons. The van der Waals surface area contributed by atoms with E-state index in [1.807, 2.05) is 41.7 Å². The number of thioether (sulfide) groups is 1. The third-order valence-electron chi connectivity index (χ3n) is 5.38. The molecule has 3 heterocycles. The molecule has 1 aliphatic carbocycles. The molecular weight excluding hydrogens is 402 g/mol. The quantitative estimate of drug-likeness (QED) is 0.320. The second-order valence-electron chi connectivity index (χ2n) is 7.38. The van der Waals surface area contributed by atoms with Crippen molar-refractivity contribution in [2.75, 3.05) is 38.7 Å². The average Bonchev–Trinajstić information content (AvgIpc) is 3.33. The predicted molar refractivity (Wildman–Crippen MR) is 118 cm³/mol. The lowest BCUT2D eigenvalue weighted by Crippen LogP contribution is -2.36. The maximum Gasteiger partial charge on any atom is 0.145 e. The first kappa shape index (κ1) is 19.3. The summed E-state index contributed by atoms with van der Waals surface area (Å²) in [6, 6.07) is 10.0. The van der Waals surface area contributed by atoms with Crippen molar-refractivity contribution in [3.05, 3.63) is 46.6 Å². The van der Waals surface area contributed by atoms with Gasteiger partial charge < -0.3 is 9.47 Å². The largest absolute Gasteiger partial charge is 0.493 e. The monoisotopic (exact) mass is 427 g/mol. The first-order chi connectivity index (χ1) is 14.4. The van der Waals surface area contributed by atoms with E-state index >= 15 is 0 Å². The number of nitrogens with zero attached hydrogens (tertiary/aromatic N) is 3. The van der Waals surface area contributed by atoms with Gasteiger partial charge in [0.1, 0.15) is 21.4 Å². The Morgan fingerprint density at radius 2 is 1.97 bits per heavy atom. The number of hydrogen-bond acceptors (Lipinski definition) is 7. The van der Waals surface area contributed by atoms with Gasteiger partial charge in [-0.25, -0.2) is 9.97 Å². The topological polar surface area (TPSA) is 47.5 Å². The molecule has 2 aromatic heterocycles. The van der Waals surface area contributed by atoms with Crippen molar-refractivity contribution in [2.24, 2.45) is 0 Å². The van der Waals surface area contributed by atoms with Gasteiger partial charge in [-0.2, -0.15) is 0 Å². The summed E-state index contributed by atoms with van der Waals surface area (Å²) in [7, 11) is 0. The third-order valence-corrected chi connectivity index (χ3v) is 7.51. The number of rotatable bonds is 7. The number of thiophene rings is 1. The molecule has 1 saturated heterocycles. The molecule has 1 fully saturated rings. The molecule has 0 atom stereocenters. The van der Waals surface area contributed by atoms with Crippen LogP contribution in [-0.2, 0) is 24.1 Å². The highest BCUT2D eigenvalue weighted by molar-refractivity contribution is 7.99. The van der Waals surface area contributed by atoms with Crippen molar-refractivity contribution in [3.8, 4) is 5.75 Å². The van der Waals surface area contributed by atoms with E-state index in [1.165, 1.54) is 33.5 Å². The Kier molecular flexibility index (Phi) is 5.99. The lowest BCUT2D eigenvalue weighted by atomic mass is 10.2. The van der Waals surface area contributed by atoms with Crippen LogP contribution in [0.5, 0.6) is 5.75 Å². The van der Waals surface area contributed by atoms with Gasteiger partial charge in [0.25, 0.3) is 0 Å². The second-order valence-corrected chi connectivity index (χ2v) is 9.55. The summed E-state index contributed by atoms with van der Waals surface area (Å²) in [6.07, 6.45) is 3.61. The molecule has 0 saturated carbocycles. The normalized spacial score (nSPS) is 17.0. The highest BCUT2D eigenvalue weighted by atomic mass is 32.2. The first-order valence-corrected chi connectivity index (χ1v) is 12.1. The van der Waals surface area contributed by atoms with Crippen LogP contribution in [0.4, 0.5) is 0 Å². The molecule has 0 bridgehead atoms. The minimum Gasteiger partial charge on any atom is -0.493 e. The standard InChI is InChI=1S/C22H25N3O2S2/c1-2-5-16(6-3-1)27-13-14-28-21-20-17-7-4-8-18(17)29-22(20)24-19(23-21)15-25-9-11-26-12-10-25/h1-3,5-6H,4,7-15H2. The van der Waals surface area contributed by atoms with Crippen molar-refractivity contribution < 1.29 is 9.47 Å². The zero-order valence-electron chi connectivity index (χ0n) is 16.4. The lowest BCUT2D eigenvalue weighted by molar-refractivity contribution is 0.0330. The Labute approximate surface area is 179 Å². The van der Waals surface area contributed by atoms with Crippen LogP contribution in [0.3, 0.4) is 0 Å². The van der Waals surface area contributed by atoms with E-state index in [9.17, 15) is 0 Å². The summed E-state index contributed by atoms with van der Waals surface area (Å²) < 4.78 is 11.4. The molecule has 29 heavy (non-hydrogen) atoms. The van der Waals surface area contributed by atoms with Gasteiger partial charge in [-0.3, -0.25) is 4.90 Å². The number of fused-ring (bicyclic) bond motifs is 3. The molecule has 0 unspecified atom stereocenters. The van der Waals surface area contributed by atoms with Gasteiger partial charge in [-0.15, -0.1) is 23.1 Å². The number of benzene rings is 1. The minimum atomic E-state index is 0.672. The number of ether oxygens (including phenoxy) is 2. The van der Waals surface area contributed by atoms with Crippen molar-refractivity contribution in [3.63, 3.8) is 0 Å². The van der Waals surface area contributed by atoms with Gasteiger partial charge in [0, 0.05) is 29.1 Å². The van der Waals surface area contributed by atoms with Crippen molar-refractivity contribution in [1.29, 1.82) is 0 Å². The van der Waals surface area contributed by atoms with Gasteiger partial charge >= 0.3 is 0 Å². The van der Waals surface area contributed by atoms with E-state index in [2.05, 4.69) is 4.90 Å². The average molecular weight is 428 g/mol. The van der Waals surface area contributed by atoms with E-state index in [0.717, 1.165) is 61.6 Å². The maximum absolute atomic E-state index is 5.88. The smallest absolute Gasteiger partial charge is 0.145 e. The van der Waals surface area contributed by atoms with E-state index in [0.29, 0.717) is 6.61 Å². The SMILES string of the molecule is c1ccc(OCCSc2nc(CN3CCOCC3)nc3sc4c(c23)CCC4)cc1. The number of morpholine rings is 1. The predicted octanol–water partition coefficient (Wildman–Crippen LogP) is 4.18. The first-order valence-electron chi connectivity index (χ1n) is 10.3. The summed E-state index contributed by atoms with van der Waals surface area (Å²) in [4.78, 5) is 15.0. The van der Waals surface area contributed by atoms with Crippen molar-refractivity contribution in [2.45, 2.75) is 30.8 Å². The highest BCUT2D eigenvalue weighted by Crippen LogP contribution is 2.40. The van der Waals surface area contributed by atoms with Gasteiger partial charge in [0.15, 0.2) is 0 Å². The Hall–Kier alpha value is -1.67. The fourth-order valence-electron chi connectivity index (χ4n) is 3.95. The molecule has 5 rings (SSSR count). The molecule has 3 aromatic rings. The van der Waals surface area contributed by atoms with Crippen LogP contribution in [0.25, 0.3) is 10.2 Å². The molecule has 2 aliphatic rings. The third kappa shape index (κ3) is 4.43. The van der Waals surface area contributed by atoms with Crippen LogP contribution in [0.2, 0.25) is 0 Å². The summed E-state index contributed by atoms with van der Waals surface area (Å²) >= 11 is 3.68. The Bertz CT molecular complexity index is 971. The molecule has 5 nitrogen and oxygen atoms in total. The highest BCUT2D eigenvalue weighted by Gasteiger charge is 2.23. The van der Waals surface area contributed by atoms with Gasteiger partial charge in [0.05, 0.1) is 26.4 Å². The fourth-order valence-corrected chi connectivity index (χ4v) is 6.19. The van der Waals surface area contributed by atoms with E-state index in [-0.39, 0.29) is 0 Å². The van der Waals surface area contributed by atoms with E-state index < -0.39 is 0 Å². The zero-order chi connectivity index (χ0) is 19.5. The minimum absolute atomic E-state index is 0.672. The molecule has 0 spiro atoms. The fraction of sp³-hybridized carbons (Fsp3) is 0.455. The summed E-state index contributed by atoms with van der Waals surface area (Å²) in [5.41, 5.74) is 1.49. The van der Waals surface area contributed by atoms with Crippen LogP contribution in [0.15, 0.2) is 35.4 Å². The van der Waals surface area contributed by atoms with Crippen LogP contribution < -0.4 is 4.74 Å². The molecule has 0 N–H and O–H groups in total. The number of aromatic nitrogens is 2. The van der Waals surface area contributed by atoms with Crippen molar-refractivity contribution >= 4 is 33.3 Å². The second kappa shape index (κ2) is 9.00. The van der Waals surface area contributed by atoms with Crippen molar-refractivity contribution in [1.82, 2.24) is 14.9 Å². The summed E-state index contributed by atoms with van der Waals surface area (Å²) in [6.45, 7) is 4.98. The maximum atomic E-state index is 5.88. The molecule has 0 amide bonds. The van der Waals surface area contributed by atoms with E-state index in [1.54, 1.807) is 11.8 Å². The molecule has 7 heteroatoms. The summed E-state index contributed by atoms with van der Waals surface area (Å²) in [5.74, 6) is 2.74. The Balaban J connectivity index is 1.34. The number of aryl methyl sites for hydroxylation is 2. The Morgan fingerprint density at radius 3 is 2.83 bits per heavy atom. The summed E-state index contributed by atoms with van der Waals surface area (Å²) in [5, 5.41) is 2.44. The molecule has 1 aliphatic heterocycles.